The molecule has 12 nitrogen and oxygen atoms in total. The van der Waals surface area contributed by atoms with Crippen LogP contribution < -0.4 is 10.6 Å². The molecule has 0 radical (unpaired) electrons. The number of carbonyl (C=O) groups is 4. The van der Waals surface area contributed by atoms with Gasteiger partial charge in [0.1, 0.15) is 24.2 Å². The fraction of sp³-hybridized carbons (Fsp3) is 0.786. The summed E-state index contributed by atoms with van der Waals surface area (Å²) in [6.07, 6.45) is 9.84. The van der Waals surface area contributed by atoms with Crippen LogP contribution in [0.15, 0.2) is 12.2 Å². The molecule has 3 amide bonds. The highest BCUT2D eigenvalue weighted by atomic mass is 32.2. The van der Waals surface area contributed by atoms with Crippen molar-refractivity contribution >= 4 is 33.9 Å². The maximum Gasteiger partial charge on any atom is 0.407 e. The third kappa shape index (κ3) is 9.98. The molecule has 0 spiro atoms. The maximum atomic E-state index is 13.1. The smallest absolute Gasteiger partial charge is 0.407 e. The molecule has 2 fully saturated rings. The van der Waals surface area contributed by atoms with Gasteiger partial charge in [0.05, 0.1) is 12.8 Å². The van der Waals surface area contributed by atoms with E-state index in [1.54, 1.807) is 20.8 Å². The van der Waals surface area contributed by atoms with Gasteiger partial charge in [-0.15, -0.1) is 0 Å². The molecule has 1 aliphatic carbocycles. The van der Waals surface area contributed by atoms with Crippen LogP contribution in [-0.4, -0.2) is 97.2 Å². The summed E-state index contributed by atoms with van der Waals surface area (Å²) in [7, 11) is -2.10. The molecule has 41 heavy (non-hydrogen) atoms. The van der Waals surface area contributed by atoms with Crippen molar-refractivity contribution in [2.45, 2.75) is 96.7 Å². The zero-order valence-corrected chi connectivity index (χ0v) is 26.1. The zero-order chi connectivity index (χ0) is 31.0. The monoisotopic (exact) mass is 600 g/mol. The highest BCUT2D eigenvalue weighted by Gasteiger charge is 2.61. The SMILES string of the molecule is CCCCCC/C=C\C1C[C@]1(NC(=O)C1CCCN1C(=O)CNC(=O)OC(CN(C)S(C)(=O)=O)C(C)(C)C)C(=O)O. The number of aliphatic carboxylic acids is 1. The van der Waals surface area contributed by atoms with Gasteiger partial charge in [0.2, 0.25) is 21.8 Å². The fourth-order valence-corrected chi connectivity index (χ4v) is 5.24. The van der Waals surface area contributed by atoms with Crippen molar-refractivity contribution in [2.75, 3.05) is 32.9 Å². The minimum atomic E-state index is -3.49. The van der Waals surface area contributed by atoms with Gasteiger partial charge in [-0.05, 0) is 32.1 Å². The standard InChI is InChI=1S/C28H48N4O8S/c1-7-8-9-10-11-12-14-20-17-28(20,25(35)36)30-24(34)21-15-13-16-32(21)23(33)18-29-26(37)40-22(27(2,3)4)19-31(5)41(6,38)39/h12,14,20-22H,7-11,13,15-19H2,1-6H3,(H,29,37)(H,30,34)(H,35,36)/b14-12-/t20?,21?,22?,28-/m1/s1. The van der Waals surface area contributed by atoms with Crippen LogP contribution in [0.5, 0.6) is 0 Å². The van der Waals surface area contributed by atoms with Gasteiger partial charge in [0, 0.05) is 24.9 Å². The van der Waals surface area contributed by atoms with Gasteiger partial charge >= 0.3 is 12.1 Å². The van der Waals surface area contributed by atoms with Gasteiger partial charge in [-0.3, -0.25) is 9.59 Å². The predicted molar refractivity (Wildman–Crippen MR) is 154 cm³/mol. The lowest BCUT2D eigenvalue weighted by Gasteiger charge is -2.32. The molecular weight excluding hydrogens is 552 g/mol. The van der Waals surface area contributed by atoms with E-state index in [-0.39, 0.29) is 12.5 Å². The molecule has 1 aliphatic heterocycles. The van der Waals surface area contributed by atoms with Gasteiger partial charge in [-0.25, -0.2) is 22.3 Å². The van der Waals surface area contributed by atoms with Crippen LogP contribution in [0.2, 0.25) is 0 Å². The molecule has 13 heteroatoms. The van der Waals surface area contributed by atoms with Crippen LogP contribution in [0, 0.1) is 11.3 Å². The lowest BCUT2D eigenvalue weighted by Crippen LogP contribution is -2.54. The van der Waals surface area contributed by atoms with Gasteiger partial charge in [-0.1, -0.05) is 59.1 Å². The van der Waals surface area contributed by atoms with Crippen LogP contribution in [-0.2, 0) is 29.1 Å². The van der Waals surface area contributed by atoms with E-state index in [4.69, 9.17) is 4.74 Å². The molecule has 1 saturated carbocycles. The normalized spacial score (nSPS) is 23.4. The van der Waals surface area contributed by atoms with Gasteiger partial charge in [0.15, 0.2) is 0 Å². The van der Waals surface area contributed by atoms with Crippen molar-refractivity contribution in [3.8, 4) is 0 Å². The number of alkyl carbamates (subject to hydrolysis) is 1. The number of hydrogen-bond acceptors (Lipinski definition) is 7. The maximum absolute atomic E-state index is 13.1. The van der Waals surface area contributed by atoms with Crippen LogP contribution in [0.1, 0.15) is 79.1 Å². The van der Waals surface area contributed by atoms with E-state index in [1.165, 1.54) is 18.4 Å². The first kappa shape index (κ1) is 34.5. The molecular formula is C28H48N4O8S. The summed E-state index contributed by atoms with van der Waals surface area (Å²) in [6, 6.07) is -0.832. The van der Waals surface area contributed by atoms with E-state index in [1.807, 2.05) is 12.2 Å². The quantitative estimate of drug-likeness (QED) is 0.191. The number of nitrogens with zero attached hydrogens (tertiary/aromatic N) is 2. The Balaban J connectivity index is 1.93. The molecule has 1 heterocycles. The van der Waals surface area contributed by atoms with Gasteiger partial charge < -0.3 is 25.4 Å². The van der Waals surface area contributed by atoms with Crippen molar-refractivity contribution in [1.82, 2.24) is 19.8 Å². The van der Waals surface area contributed by atoms with E-state index in [2.05, 4.69) is 17.6 Å². The second-order valence-corrected chi connectivity index (χ2v) is 14.3. The number of likely N-dealkylation sites (N-methyl/N-ethyl adjacent to an activating group) is 1. The minimum Gasteiger partial charge on any atom is -0.479 e. The number of unbranched alkanes of at least 4 members (excludes halogenated alkanes) is 4. The Morgan fingerprint density at radius 3 is 2.46 bits per heavy atom. The summed E-state index contributed by atoms with van der Waals surface area (Å²) in [6.45, 7) is 7.37. The van der Waals surface area contributed by atoms with E-state index in [0.29, 0.717) is 25.8 Å². The number of amides is 3. The molecule has 0 aromatic rings. The summed E-state index contributed by atoms with van der Waals surface area (Å²) in [5, 5.41) is 15.0. The van der Waals surface area contributed by atoms with Crippen LogP contribution in [0.25, 0.3) is 0 Å². The summed E-state index contributed by atoms with van der Waals surface area (Å²) in [4.78, 5) is 52.0. The third-order valence-corrected chi connectivity index (χ3v) is 9.08. The number of carboxylic acid groups (broad SMARTS) is 1. The Labute approximate surface area is 244 Å². The second-order valence-electron chi connectivity index (χ2n) is 12.3. The molecule has 0 aromatic heterocycles. The topological polar surface area (TPSA) is 162 Å². The molecule has 3 N–H and O–H groups in total. The molecule has 0 aromatic carbocycles. The van der Waals surface area contributed by atoms with Crippen LogP contribution >= 0.6 is 0 Å². The second kappa shape index (κ2) is 14.5. The highest BCUT2D eigenvalue weighted by Crippen LogP contribution is 2.45. The summed E-state index contributed by atoms with van der Waals surface area (Å²) >= 11 is 0. The minimum absolute atomic E-state index is 0.0571. The number of ether oxygens (including phenoxy) is 1. The Kier molecular flexibility index (Phi) is 12.2. The number of hydrogen-bond donors (Lipinski definition) is 3. The number of carbonyl (C=O) groups excluding carboxylic acids is 3. The number of rotatable bonds is 15. The zero-order valence-electron chi connectivity index (χ0n) is 25.3. The van der Waals surface area contributed by atoms with Crippen molar-refractivity contribution in [3.63, 3.8) is 0 Å². The average molecular weight is 601 g/mol. The fourth-order valence-electron chi connectivity index (χ4n) is 4.83. The van der Waals surface area contributed by atoms with Gasteiger partial charge in [0.25, 0.3) is 0 Å². The van der Waals surface area contributed by atoms with E-state index < -0.39 is 63.5 Å². The van der Waals surface area contributed by atoms with Crippen molar-refractivity contribution in [1.29, 1.82) is 0 Å². The Hall–Kier alpha value is -2.67. The number of sulfonamides is 1. The Morgan fingerprint density at radius 1 is 1.20 bits per heavy atom. The summed E-state index contributed by atoms with van der Waals surface area (Å²) < 4.78 is 30.2. The van der Waals surface area contributed by atoms with E-state index >= 15 is 0 Å². The number of carboxylic acids is 1. The van der Waals surface area contributed by atoms with Gasteiger partial charge in [-0.2, -0.15) is 0 Å². The largest absolute Gasteiger partial charge is 0.479 e. The first-order valence-electron chi connectivity index (χ1n) is 14.4. The number of nitrogens with one attached hydrogen (secondary N) is 2. The van der Waals surface area contributed by atoms with Crippen LogP contribution in [0.4, 0.5) is 4.79 Å². The predicted octanol–water partition coefficient (Wildman–Crippen LogP) is 2.50. The molecule has 3 unspecified atom stereocenters. The Bertz CT molecular complexity index is 1090. The molecule has 2 aliphatic rings. The first-order valence-corrected chi connectivity index (χ1v) is 16.2. The van der Waals surface area contributed by atoms with Crippen molar-refractivity contribution < 1.29 is 37.4 Å². The lowest BCUT2D eigenvalue weighted by atomic mass is 9.89. The first-order chi connectivity index (χ1) is 19.0. The summed E-state index contributed by atoms with van der Waals surface area (Å²) in [5.74, 6) is -2.41. The molecule has 1 saturated heterocycles. The molecule has 234 valence electrons. The Morgan fingerprint density at radius 2 is 1.88 bits per heavy atom. The van der Waals surface area contributed by atoms with Crippen molar-refractivity contribution in [2.24, 2.45) is 11.3 Å². The van der Waals surface area contributed by atoms with E-state index in [9.17, 15) is 32.7 Å². The molecule has 2 rings (SSSR count). The lowest BCUT2D eigenvalue weighted by molar-refractivity contribution is -0.145. The van der Waals surface area contributed by atoms with Crippen LogP contribution in [0.3, 0.4) is 0 Å². The molecule has 0 bridgehead atoms. The van der Waals surface area contributed by atoms with Crippen molar-refractivity contribution in [3.05, 3.63) is 12.2 Å². The average Bonchev–Trinajstić information content (AvgIpc) is 3.33. The number of likely N-dealkylation sites (tertiary alicyclic amines) is 1. The third-order valence-electron chi connectivity index (χ3n) is 7.80. The summed E-state index contributed by atoms with van der Waals surface area (Å²) in [5.41, 5.74) is -1.94. The van der Waals surface area contributed by atoms with E-state index in [0.717, 1.165) is 36.2 Å². The number of allylic oxidation sites excluding steroid dienone is 1. The molecule has 4 atom stereocenters. The highest BCUT2D eigenvalue weighted by molar-refractivity contribution is 7.88.